The third-order valence-corrected chi connectivity index (χ3v) is 4.08. The van der Waals surface area contributed by atoms with Crippen molar-refractivity contribution in [2.24, 2.45) is 5.92 Å². The zero-order valence-electron chi connectivity index (χ0n) is 10.7. The number of rotatable bonds is 3. The molecular weight excluding hydrogens is 228 g/mol. The lowest BCUT2D eigenvalue weighted by molar-refractivity contribution is -0.127. The van der Waals surface area contributed by atoms with E-state index in [2.05, 4.69) is 20.1 Å². The number of carbonyl (C=O) groups excluding carboxylic acids is 1. The monoisotopic (exact) mass is 248 g/mol. The number of aryl methyl sites for hydroxylation is 1. The zero-order chi connectivity index (χ0) is 12.4. The fourth-order valence-electron chi connectivity index (χ4n) is 2.66. The Morgan fingerprint density at radius 2 is 2.11 bits per heavy atom. The van der Waals surface area contributed by atoms with Crippen LogP contribution in [0.4, 0.5) is 0 Å². The van der Waals surface area contributed by atoms with E-state index in [9.17, 15) is 4.79 Å². The Kier molecular flexibility index (Phi) is 3.30. The van der Waals surface area contributed by atoms with Gasteiger partial charge in [0.25, 0.3) is 0 Å². The first-order chi connectivity index (χ1) is 8.84. The molecule has 18 heavy (non-hydrogen) atoms. The molecule has 2 heterocycles. The van der Waals surface area contributed by atoms with Crippen LogP contribution in [0.2, 0.25) is 0 Å². The lowest BCUT2D eigenvalue weighted by Gasteiger charge is -2.23. The van der Waals surface area contributed by atoms with Gasteiger partial charge in [0.2, 0.25) is 5.91 Å². The summed E-state index contributed by atoms with van der Waals surface area (Å²) < 4.78 is 2.19. The number of nitrogens with zero attached hydrogens (tertiary/aromatic N) is 3. The molecular formula is C13H20N4O. The Balaban J connectivity index is 1.62. The Hall–Kier alpha value is -1.39. The molecule has 1 saturated carbocycles. The van der Waals surface area contributed by atoms with E-state index in [4.69, 9.17) is 0 Å². The molecule has 0 bridgehead atoms. The van der Waals surface area contributed by atoms with Crippen molar-refractivity contribution in [3.63, 3.8) is 0 Å². The highest BCUT2D eigenvalue weighted by molar-refractivity contribution is 5.79. The van der Waals surface area contributed by atoms with Crippen molar-refractivity contribution >= 4 is 5.91 Å². The molecule has 1 aromatic heterocycles. The van der Waals surface area contributed by atoms with E-state index in [1.54, 1.807) is 0 Å². The van der Waals surface area contributed by atoms with Crippen LogP contribution < -0.4 is 5.32 Å². The molecule has 5 nitrogen and oxygen atoms in total. The lowest BCUT2D eigenvalue weighted by Crippen LogP contribution is -2.34. The van der Waals surface area contributed by atoms with Crippen LogP contribution in [0.25, 0.3) is 0 Å². The van der Waals surface area contributed by atoms with Crippen molar-refractivity contribution in [1.29, 1.82) is 0 Å². The first-order valence-electron chi connectivity index (χ1n) is 7.03. The van der Waals surface area contributed by atoms with E-state index in [1.807, 2.05) is 0 Å². The first-order valence-corrected chi connectivity index (χ1v) is 7.03. The smallest absolute Gasteiger partial charge is 0.223 e. The molecule has 0 spiro atoms. The number of hydrogen-bond acceptors (Lipinski definition) is 3. The van der Waals surface area contributed by atoms with Gasteiger partial charge in [-0.05, 0) is 25.7 Å². The van der Waals surface area contributed by atoms with Crippen LogP contribution in [-0.2, 0) is 24.3 Å². The van der Waals surface area contributed by atoms with Crippen molar-refractivity contribution in [3.05, 3.63) is 11.6 Å². The van der Waals surface area contributed by atoms with E-state index >= 15 is 0 Å². The minimum absolute atomic E-state index is 0.187. The van der Waals surface area contributed by atoms with Gasteiger partial charge in [0.1, 0.15) is 5.82 Å². The van der Waals surface area contributed by atoms with Crippen molar-refractivity contribution in [1.82, 2.24) is 20.1 Å². The molecule has 3 rings (SSSR count). The maximum absolute atomic E-state index is 11.8. The molecule has 5 heteroatoms. The van der Waals surface area contributed by atoms with Crippen LogP contribution >= 0.6 is 0 Å². The highest BCUT2D eigenvalue weighted by atomic mass is 16.1. The van der Waals surface area contributed by atoms with Crippen molar-refractivity contribution in [2.75, 3.05) is 0 Å². The molecule has 1 N–H and O–H groups in total. The van der Waals surface area contributed by atoms with Crippen molar-refractivity contribution in [3.8, 4) is 0 Å². The maximum atomic E-state index is 11.8. The Morgan fingerprint density at radius 3 is 2.89 bits per heavy atom. The number of amides is 1. The van der Waals surface area contributed by atoms with Gasteiger partial charge in [-0.25, -0.2) is 0 Å². The molecule has 1 aliphatic carbocycles. The van der Waals surface area contributed by atoms with Gasteiger partial charge in [-0.3, -0.25) is 4.79 Å². The number of hydrogen-bond donors (Lipinski definition) is 1. The van der Waals surface area contributed by atoms with Gasteiger partial charge in [0, 0.05) is 18.9 Å². The van der Waals surface area contributed by atoms with Crippen LogP contribution in [0.5, 0.6) is 0 Å². The van der Waals surface area contributed by atoms with Crippen LogP contribution in [0.15, 0.2) is 0 Å². The first kappa shape index (κ1) is 11.7. The summed E-state index contributed by atoms with van der Waals surface area (Å²) in [5.74, 6) is 2.43. The summed E-state index contributed by atoms with van der Waals surface area (Å²) in [6.45, 7) is 1.53. The second-order valence-corrected chi connectivity index (χ2v) is 5.34. The van der Waals surface area contributed by atoms with E-state index in [-0.39, 0.29) is 11.8 Å². The summed E-state index contributed by atoms with van der Waals surface area (Å²) >= 11 is 0. The zero-order valence-corrected chi connectivity index (χ0v) is 10.7. The summed E-state index contributed by atoms with van der Waals surface area (Å²) in [6, 6.07) is 0. The molecule has 0 saturated heterocycles. The minimum atomic E-state index is 0.187. The average molecular weight is 248 g/mol. The second-order valence-electron chi connectivity index (χ2n) is 5.34. The van der Waals surface area contributed by atoms with Gasteiger partial charge in [-0.15, -0.1) is 10.2 Å². The normalized spacial score (nSPS) is 19.8. The van der Waals surface area contributed by atoms with Gasteiger partial charge < -0.3 is 9.88 Å². The maximum Gasteiger partial charge on any atom is 0.223 e. The third kappa shape index (κ3) is 2.26. The Morgan fingerprint density at radius 1 is 1.22 bits per heavy atom. The van der Waals surface area contributed by atoms with E-state index in [1.165, 1.54) is 25.7 Å². The van der Waals surface area contributed by atoms with Crippen LogP contribution in [-0.4, -0.2) is 20.7 Å². The standard InChI is InChI=1S/C13H20N4O/c18-13(10-5-4-6-10)14-9-12-16-15-11-7-2-1-3-8-17(11)12/h10H,1-9H2,(H,14,18). The highest BCUT2D eigenvalue weighted by Crippen LogP contribution is 2.26. The summed E-state index contributed by atoms with van der Waals surface area (Å²) in [5, 5.41) is 11.4. The highest BCUT2D eigenvalue weighted by Gasteiger charge is 2.25. The second kappa shape index (κ2) is 5.08. The molecule has 1 aliphatic heterocycles. The predicted molar refractivity (Wildman–Crippen MR) is 66.8 cm³/mol. The topological polar surface area (TPSA) is 59.8 Å². The van der Waals surface area contributed by atoms with Gasteiger partial charge in [-0.1, -0.05) is 12.8 Å². The van der Waals surface area contributed by atoms with Crippen LogP contribution in [0, 0.1) is 5.92 Å². The third-order valence-electron chi connectivity index (χ3n) is 4.08. The molecule has 1 aromatic rings. The fourth-order valence-corrected chi connectivity index (χ4v) is 2.66. The molecule has 0 aromatic carbocycles. The predicted octanol–water partition coefficient (Wildman–Crippen LogP) is 1.42. The molecule has 1 amide bonds. The molecule has 0 radical (unpaired) electrons. The quantitative estimate of drug-likeness (QED) is 0.880. The number of fused-ring (bicyclic) bond motifs is 1. The largest absolute Gasteiger partial charge is 0.349 e. The van der Waals surface area contributed by atoms with E-state index in [0.29, 0.717) is 6.54 Å². The SMILES string of the molecule is O=C(NCc1nnc2n1CCCCC2)C1CCC1. The Bertz CT molecular complexity index is 436. The van der Waals surface area contributed by atoms with Gasteiger partial charge in [0.05, 0.1) is 6.54 Å². The molecule has 2 aliphatic rings. The molecule has 0 unspecified atom stereocenters. The summed E-state index contributed by atoms with van der Waals surface area (Å²) in [6.07, 6.45) is 7.95. The van der Waals surface area contributed by atoms with Crippen LogP contribution in [0.1, 0.15) is 50.2 Å². The van der Waals surface area contributed by atoms with Crippen LogP contribution in [0.3, 0.4) is 0 Å². The summed E-state index contributed by atoms with van der Waals surface area (Å²) in [4.78, 5) is 11.8. The number of nitrogens with one attached hydrogen (secondary N) is 1. The summed E-state index contributed by atoms with van der Waals surface area (Å²) in [7, 11) is 0. The van der Waals surface area contributed by atoms with Gasteiger partial charge in [-0.2, -0.15) is 0 Å². The van der Waals surface area contributed by atoms with E-state index < -0.39 is 0 Å². The lowest BCUT2D eigenvalue weighted by atomic mass is 9.85. The average Bonchev–Trinajstić information content (AvgIpc) is 2.53. The van der Waals surface area contributed by atoms with Crippen molar-refractivity contribution < 1.29 is 4.79 Å². The fraction of sp³-hybridized carbons (Fsp3) is 0.769. The summed E-state index contributed by atoms with van der Waals surface area (Å²) in [5.41, 5.74) is 0. The number of aromatic nitrogens is 3. The van der Waals surface area contributed by atoms with E-state index in [0.717, 1.165) is 37.5 Å². The molecule has 0 atom stereocenters. The van der Waals surface area contributed by atoms with Gasteiger partial charge >= 0.3 is 0 Å². The van der Waals surface area contributed by atoms with Crippen molar-refractivity contribution in [2.45, 2.75) is 58.0 Å². The molecule has 98 valence electrons. The Labute approximate surface area is 107 Å². The molecule has 1 fully saturated rings. The number of carbonyl (C=O) groups is 1. The van der Waals surface area contributed by atoms with Gasteiger partial charge in [0.15, 0.2) is 5.82 Å². The minimum Gasteiger partial charge on any atom is -0.349 e.